The summed E-state index contributed by atoms with van der Waals surface area (Å²) in [4.78, 5) is 14.5. The summed E-state index contributed by atoms with van der Waals surface area (Å²) in [5.41, 5.74) is 0.774. The van der Waals surface area contributed by atoms with Crippen molar-refractivity contribution in [3.63, 3.8) is 0 Å². The van der Waals surface area contributed by atoms with E-state index >= 15 is 0 Å². The number of ether oxygens (including phenoxy) is 1. The molecule has 0 aliphatic carbocycles. The monoisotopic (exact) mass is 315 g/mol. The molecule has 0 spiro atoms. The predicted octanol–water partition coefficient (Wildman–Crippen LogP) is 4.08. The van der Waals surface area contributed by atoms with E-state index in [0.717, 1.165) is 31.5 Å². The number of hydrogen-bond acceptors (Lipinski definition) is 3. The summed E-state index contributed by atoms with van der Waals surface area (Å²) in [5.74, 6) is -0.237. The van der Waals surface area contributed by atoms with Crippen LogP contribution in [0.15, 0.2) is 18.2 Å². The molecule has 3 nitrogen and oxygen atoms in total. The number of likely N-dealkylation sites (tertiary alicyclic amines) is 1. The van der Waals surface area contributed by atoms with E-state index in [1.54, 1.807) is 12.1 Å². The quantitative estimate of drug-likeness (QED) is 0.784. The smallest absolute Gasteiger partial charge is 0.328 e. The Morgan fingerprint density at radius 3 is 2.60 bits per heavy atom. The van der Waals surface area contributed by atoms with Crippen LogP contribution >= 0.6 is 23.2 Å². The number of rotatable bonds is 4. The van der Waals surface area contributed by atoms with Crippen molar-refractivity contribution in [1.29, 1.82) is 0 Å². The molecule has 1 atom stereocenters. The van der Waals surface area contributed by atoms with Crippen LogP contribution < -0.4 is 0 Å². The van der Waals surface area contributed by atoms with Gasteiger partial charge in [0.25, 0.3) is 0 Å². The van der Waals surface area contributed by atoms with Gasteiger partial charge < -0.3 is 4.74 Å². The molecule has 20 heavy (non-hydrogen) atoms. The van der Waals surface area contributed by atoms with Crippen LogP contribution in [0.5, 0.6) is 0 Å². The highest BCUT2D eigenvalue weighted by molar-refractivity contribution is 6.35. The number of nitrogens with zero attached hydrogens (tertiary/aromatic N) is 1. The number of piperidine rings is 1. The fourth-order valence-corrected chi connectivity index (χ4v) is 3.11. The van der Waals surface area contributed by atoms with Crippen molar-refractivity contribution in [1.82, 2.24) is 4.90 Å². The lowest BCUT2D eigenvalue weighted by Crippen LogP contribution is -2.38. The van der Waals surface area contributed by atoms with Gasteiger partial charge in [-0.1, -0.05) is 35.7 Å². The Labute approximate surface area is 129 Å². The molecule has 2 rings (SSSR count). The highest BCUT2D eigenvalue weighted by Gasteiger charge is 2.31. The zero-order valence-electron chi connectivity index (χ0n) is 11.6. The van der Waals surface area contributed by atoms with Crippen molar-refractivity contribution in [3.8, 4) is 0 Å². The number of carbonyl (C=O) groups is 1. The van der Waals surface area contributed by atoms with Crippen LogP contribution in [0.3, 0.4) is 0 Å². The molecule has 1 aliphatic heterocycles. The first-order valence-corrected chi connectivity index (χ1v) is 7.74. The molecule has 110 valence electrons. The molecule has 0 radical (unpaired) electrons. The van der Waals surface area contributed by atoms with Crippen molar-refractivity contribution in [3.05, 3.63) is 33.8 Å². The second-order valence-electron chi connectivity index (χ2n) is 4.92. The molecule has 1 unspecified atom stereocenters. The first-order chi connectivity index (χ1) is 9.63. The molecule has 1 saturated heterocycles. The molecule has 5 heteroatoms. The molecule has 1 aliphatic rings. The van der Waals surface area contributed by atoms with Crippen LogP contribution in [0, 0.1) is 0 Å². The van der Waals surface area contributed by atoms with E-state index in [9.17, 15) is 4.79 Å². The van der Waals surface area contributed by atoms with Gasteiger partial charge >= 0.3 is 5.97 Å². The molecule has 0 saturated carbocycles. The van der Waals surface area contributed by atoms with Gasteiger partial charge in [0, 0.05) is 10.0 Å². The maximum absolute atomic E-state index is 12.3. The Hall–Kier alpha value is -0.770. The molecule has 1 aromatic carbocycles. The molecular formula is C15H19Cl2NO2. The summed E-state index contributed by atoms with van der Waals surface area (Å²) < 4.78 is 5.22. The fourth-order valence-electron chi connectivity index (χ4n) is 2.59. The molecule has 0 bridgehead atoms. The van der Waals surface area contributed by atoms with Crippen molar-refractivity contribution < 1.29 is 9.53 Å². The molecule has 0 N–H and O–H groups in total. The minimum Gasteiger partial charge on any atom is -0.465 e. The highest BCUT2D eigenvalue weighted by Crippen LogP contribution is 2.32. The lowest BCUT2D eigenvalue weighted by atomic mass is 10.0. The van der Waals surface area contributed by atoms with E-state index in [0.29, 0.717) is 16.7 Å². The average molecular weight is 316 g/mol. The van der Waals surface area contributed by atoms with Crippen molar-refractivity contribution in [2.45, 2.75) is 32.2 Å². The van der Waals surface area contributed by atoms with Gasteiger partial charge in [0.1, 0.15) is 6.04 Å². The highest BCUT2D eigenvalue weighted by atomic mass is 35.5. The Morgan fingerprint density at radius 2 is 2.00 bits per heavy atom. The van der Waals surface area contributed by atoms with Gasteiger partial charge in [-0.05, 0) is 50.6 Å². The van der Waals surface area contributed by atoms with E-state index in [-0.39, 0.29) is 5.97 Å². The van der Waals surface area contributed by atoms with Crippen LogP contribution in [-0.2, 0) is 9.53 Å². The van der Waals surface area contributed by atoms with E-state index in [2.05, 4.69) is 4.90 Å². The van der Waals surface area contributed by atoms with Crippen LogP contribution in [0.2, 0.25) is 10.0 Å². The third kappa shape index (κ3) is 3.66. The number of carbonyl (C=O) groups excluding carboxylic acids is 1. The summed E-state index contributed by atoms with van der Waals surface area (Å²) in [6.45, 7) is 3.97. The summed E-state index contributed by atoms with van der Waals surface area (Å²) in [7, 11) is 0. The van der Waals surface area contributed by atoms with Gasteiger partial charge in [0.15, 0.2) is 0 Å². The maximum atomic E-state index is 12.3. The number of hydrogen-bond donors (Lipinski definition) is 0. The molecule has 1 fully saturated rings. The van der Waals surface area contributed by atoms with E-state index in [1.807, 2.05) is 13.0 Å². The lowest BCUT2D eigenvalue weighted by molar-refractivity contribution is -0.150. The Bertz CT molecular complexity index is 473. The van der Waals surface area contributed by atoms with Crippen molar-refractivity contribution in [2.75, 3.05) is 19.7 Å². The maximum Gasteiger partial charge on any atom is 0.328 e. The molecule has 0 amide bonds. The minimum atomic E-state index is -0.431. The van der Waals surface area contributed by atoms with Crippen LogP contribution in [-0.4, -0.2) is 30.6 Å². The molecular weight excluding hydrogens is 297 g/mol. The van der Waals surface area contributed by atoms with Crippen LogP contribution in [0.1, 0.15) is 37.8 Å². The normalized spacial score (nSPS) is 17.8. The van der Waals surface area contributed by atoms with Gasteiger partial charge in [-0.2, -0.15) is 0 Å². The van der Waals surface area contributed by atoms with Crippen LogP contribution in [0.25, 0.3) is 0 Å². The van der Waals surface area contributed by atoms with E-state index in [4.69, 9.17) is 27.9 Å². The van der Waals surface area contributed by atoms with Gasteiger partial charge in [0.05, 0.1) is 6.61 Å². The Kier molecular flexibility index (Phi) is 5.70. The average Bonchev–Trinajstić information content (AvgIpc) is 2.43. The number of benzene rings is 1. The number of halogens is 2. The van der Waals surface area contributed by atoms with Gasteiger partial charge in [-0.15, -0.1) is 0 Å². The SMILES string of the molecule is CCOC(=O)C(c1ccc(Cl)cc1Cl)N1CCCCC1. The number of esters is 1. The summed E-state index contributed by atoms with van der Waals surface area (Å²) >= 11 is 12.2. The van der Waals surface area contributed by atoms with Gasteiger partial charge in [-0.3, -0.25) is 4.90 Å². The second-order valence-corrected chi connectivity index (χ2v) is 5.76. The minimum absolute atomic E-state index is 0.237. The van der Waals surface area contributed by atoms with Gasteiger partial charge in [-0.25, -0.2) is 4.79 Å². The standard InChI is InChI=1S/C15H19Cl2NO2/c1-2-20-15(19)14(18-8-4-3-5-9-18)12-7-6-11(16)10-13(12)17/h6-7,10,14H,2-5,8-9H2,1H3. The largest absolute Gasteiger partial charge is 0.465 e. The fraction of sp³-hybridized carbons (Fsp3) is 0.533. The first-order valence-electron chi connectivity index (χ1n) is 6.99. The Balaban J connectivity index is 2.31. The lowest BCUT2D eigenvalue weighted by Gasteiger charge is -2.33. The zero-order valence-corrected chi connectivity index (χ0v) is 13.1. The zero-order chi connectivity index (χ0) is 14.5. The third-order valence-electron chi connectivity index (χ3n) is 3.52. The second kappa shape index (κ2) is 7.30. The molecule has 1 heterocycles. The van der Waals surface area contributed by atoms with Gasteiger partial charge in [0.2, 0.25) is 0 Å². The predicted molar refractivity (Wildman–Crippen MR) is 81.3 cm³/mol. The third-order valence-corrected chi connectivity index (χ3v) is 4.09. The Morgan fingerprint density at radius 1 is 1.30 bits per heavy atom. The van der Waals surface area contributed by atoms with Crippen molar-refractivity contribution in [2.24, 2.45) is 0 Å². The first kappa shape index (κ1) is 15.6. The van der Waals surface area contributed by atoms with Crippen LogP contribution in [0.4, 0.5) is 0 Å². The topological polar surface area (TPSA) is 29.5 Å². The van der Waals surface area contributed by atoms with Crippen molar-refractivity contribution >= 4 is 29.2 Å². The van der Waals surface area contributed by atoms with E-state index < -0.39 is 6.04 Å². The summed E-state index contributed by atoms with van der Waals surface area (Å²) in [5, 5.41) is 1.08. The molecule has 1 aromatic rings. The summed E-state index contributed by atoms with van der Waals surface area (Å²) in [6.07, 6.45) is 3.41. The van der Waals surface area contributed by atoms with E-state index in [1.165, 1.54) is 6.42 Å². The molecule has 0 aromatic heterocycles. The summed E-state index contributed by atoms with van der Waals surface area (Å²) in [6, 6.07) is 4.83.